The Morgan fingerprint density at radius 3 is 1.64 bits per heavy atom. The third kappa shape index (κ3) is 3.28. The summed E-state index contributed by atoms with van der Waals surface area (Å²) in [5.74, 6) is -12.9. The molecule has 0 spiro atoms. The first-order valence-electron chi connectivity index (χ1n) is 12.0. The first-order valence-corrected chi connectivity index (χ1v) is 13.6. The predicted octanol–water partition coefficient (Wildman–Crippen LogP) is 8.62. The molecule has 2 unspecified atom stereocenters. The highest BCUT2D eigenvalue weighted by atomic mass is 32.2. The molecule has 0 bridgehead atoms. The summed E-state index contributed by atoms with van der Waals surface area (Å²) in [6.45, 7) is 3.41. The van der Waals surface area contributed by atoms with Gasteiger partial charge in [0, 0.05) is 21.0 Å². The maximum Gasteiger partial charge on any atom is 0.380 e. The highest BCUT2D eigenvalue weighted by Gasteiger charge is 2.84. The van der Waals surface area contributed by atoms with Crippen LogP contribution in [0.2, 0.25) is 0 Å². The van der Waals surface area contributed by atoms with Gasteiger partial charge < -0.3 is 4.74 Å². The molecule has 0 radical (unpaired) electrons. The lowest BCUT2D eigenvalue weighted by molar-refractivity contribution is -0.258. The molecule has 1 nitrogen and oxygen atoms in total. The summed E-state index contributed by atoms with van der Waals surface area (Å²) in [6.07, 6.45) is 7.98. The Morgan fingerprint density at radius 2 is 1.18 bits per heavy atom. The molecule has 1 fully saturated rings. The number of alkyl halides is 6. The minimum atomic E-state index is -5.58. The Hall–Kier alpha value is -2.96. The SMILES string of the molecule is C#CCOc1ccc(C2=CC3=C4C(=C5C=C(c6ccccc6)SC5(C)C3(C)S2)C(F)(F)C(F)(F)C4(F)F)cc1. The van der Waals surface area contributed by atoms with Crippen LogP contribution in [0.15, 0.2) is 89.0 Å². The van der Waals surface area contributed by atoms with Crippen molar-refractivity contribution in [3.8, 4) is 18.1 Å². The molecule has 6 rings (SSSR count). The van der Waals surface area contributed by atoms with Gasteiger partial charge in [0.25, 0.3) is 0 Å². The highest BCUT2D eigenvalue weighted by molar-refractivity contribution is 8.14. The topological polar surface area (TPSA) is 9.23 Å². The molecule has 2 aromatic rings. The van der Waals surface area contributed by atoms with Gasteiger partial charge in [0.1, 0.15) is 12.4 Å². The zero-order chi connectivity index (χ0) is 28.0. The van der Waals surface area contributed by atoms with Gasteiger partial charge in [-0.25, -0.2) is 0 Å². The number of thioether (sulfide) groups is 2. The Labute approximate surface area is 230 Å². The molecule has 2 aliphatic heterocycles. The molecule has 9 heteroatoms. The fourth-order valence-electron chi connectivity index (χ4n) is 5.64. The second-order valence-electron chi connectivity index (χ2n) is 9.97. The molecular weight excluding hydrogens is 554 g/mol. The van der Waals surface area contributed by atoms with Crippen LogP contribution in [0.25, 0.3) is 9.81 Å². The zero-order valence-corrected chi connectivity index (χ0v) is 22.3. The van der Waals surface area contributed by atoms with Gasteiger partial charge in [-0.15, -0.1) is 29.9 Å². The van der Waals surface area contributed by atoms with Crippen LogP contribution in [0.1, 0.15) is 25.0 Å². The minimum absolute atomic E-state index is 0.0617. The van der Waals surface area contributed by atoms with Crippen molar-refractivity contribution in [2.75, 3.05) is 6.61 Å². The van der Waals surface area contributed by atoms with Gasteiger partial charge in [-0.2, -0.15) is 26.3 Å². The quantitative estimate of drug-likeness (QED) is 0.267. The predicted molar refractivity (Wildman–Crippen MR) is 144 cm³/mol. The van der Waals surface area contributed by atoms with Gasteiger partial charge in [-0.3, -0.25) is 0 Å². The number of terminal acetylenes is 1. The molecule has 2 aliphatic carbocycles. The summed E-state index contributed by atoms with van der Waals surface area (Å²) >= 11 is 2.45. The maximum absolute atomic E-state index is 15.4. The van der Waals surface area contributed by atoms with Crippen LogP contribution in [-0.4, -0.2) is 33.9 Å². The first-order chi connectivity index (χ1) is 18.3. The zero-order valence-electron chi connectivity index (χ0n) is 20.6. The van der Waals surface area contributed by atoms with Crippen LogP contribution in [-0.2, 0) is 0 Å². The first kappa shape index (κ1) is 26.3. The van der Waals surface area contributed by atoms with E-state index in [-0.39, 0.29) is 17.8 Å². The smallest absolute Gasteiger partial charge is 0.380 e. The fraction of sp³-hybridized carbons (Fsp3) is 0.267. The van der Waals surface area contributed by atoms with Gasteiger partial charge in [0.15, 0.2) is 0 Å². The number of fused-ring (bicyclic) bond motifs is 4. The van der Waals surface area contributed by atoms with Crippen LogP contribution in [0.4, 0.5) is 26.3 Å². The van der Waals surface area contributed by atoms with E-state index in [0.29, 0.717) is 26.7 Å². The lowest BCUT2D eigenvalue weighted by Crippen LogP contribution is -2.48. The number of allylic oxidation sites excluding steroid dienone is 4. The van der Waals surface area contributed by atoms with E-state index in [1.807, 2.05) is 0 Å². The fourth-order valence-corrected chi connectivity index (χ4v) is 8.78. The molecule has 2 atom stereocenters. The van der Waals surface area contributed by atoms with Crippen molar-refractivity contribution in [2.45, 2.75) is 41.1 Å². The molecule has 1 saturated carbocycles. The molecule has 0 aromatic heterocycles. The number of rotatable bonds is 4. The number of ether oxygens (including phenoxy) is 1. The summed E-state index contributed by atoms with van der Waals surface area (Å²) in [5, 5.41) is 0. The van der Waals surface area contributed by atoms with Crippen molar-refractivity contribution in [1.82, 2.24) is 0 Å². The van der Waals surface area contributed by atoms with Crippen molar-refractivity contribution in [2.24, 2.45) is 0 Å². The van der Waals surface area contributed by atoms with Gasteiger partial charge >= 0.3 is 17.8 Å². The molecule has 0 N–H and O–H groups in total. The standard InChI is InChI=1S/C30H20F6OS2/c1-4-14-37-19-12-10-18(11-13-19)23-16-21-25-24(28(31,32)30(35,36)29(25,33)34)20-15-22(17-8-6-5-7-9-17)38-26(20,2)27(21,3)39-23/h1,5-13,15-16H,14H2,2-3H3. The van der Waals surface area contributed by atoms with E-state index in [2.05, 4.69) is 5.92 Å². The van der Waals surface area contributed by atoms with Crippen molar-refractivity contribution < 1.29 is 31.1 Å². The van der Waals surface area contributed by atoms with Crippen LogP contribution in [0, 0.1) is 12.3 Å². The number of hydrogen-bond donors (Lipinski definition) is 0. The maximum atomic E-state index is 15.4. The Bertz CT molecular complexity index is 1560. The van der Waals surface area contributed by atoms with Crippen molar-refractivity contribution in [3.05, 3.63) is 100 Å². The van der Waals surface area contributed by atoms with E-state index < -0.39 is 38.4 Å². The number of benzene rings is 2. The summed E-state index contributed by atoms with van der Waals surface area (Å²) < 4.78 is 94.4. The second kappa shape index (κ2) is 8.28. The largest absolute Gasteiger partial charge is 0.481 e. The van der Waals surface area contributed by atoms with E-state index in [4.69, 9.17) is 11.2 Å². The second-order valence-corrected chi connectivity index (χ2v) is 12.9. The van der Waals surface area contributed by atoms with Gasteiger partial charge in [-0.1, -0.05) is 48.4 Å². The van der Waals surface area contributed by atoms with Gasteiger partial charge in [-0.05, 0) is 60.4 Å². The monoisotopic (exact) mass is 574 g/mol. The van der Waals surface area contributed by atoms with Crippen LogP contribution >= 0.6 is 23.5 Å². The molecule has 2 heterocycles. The van der Waals surface area contributed by atoms with E-state index in [9.17, 15) is 8.78 Å². The molecule has 4 aliphatic rings. The molecule has 0 amide bonds. The summed E-state index contributed by atoms with van der Waals surface area (Å²) in [4.78, 5) is 1.06. The third-order valence-corrected chi connectivity index (χ3v) is 11.2. The van der Waals surface area contributed by atoms with Crippen molar-refractivity contribution in [3.63, 3.8) is 0 Å². The van der Waals surface area contributed by atoms with Crippen molar-refractivity contribution >= 4 is 33.3 Å². The average molecular weight is 575 g/mol. The molecular formula is C30H20F6OS2. The molecule has 0 saturated heterocycles. The van der Waals surface area contributed by atoms with Crippen LogP contribution in [0.5, 0.6) is 5.75 Å². The molecule has 200 valence electrons. The average Bonchev–Trinajstić information content (AvgIpc) is 3.48. The highest BCUT2D eigenvalue weighted by Crippen LogP contribution is 2.75. The summed E-state index contributed by atoms with van der Waals surface area (Å²) in [5.41, 5.74) is -1.61. The summed E-state index contributed by atoms with van der Waals surface area (Å²) in [7, 11) is 0. The Morgan fingerprint density at radius 1 is 0.718 bits per heavy atom. The van der Waals surface area contributed by atoms with Crippen LogP contribution in [0.3, 0.4) is 0 Å². The van der Waals surface area contributed by atoms with E-state index in [1.165, 1.54) is 35.7 Å². The molecule has 39 heavy (non-hydrogen) atoms. The van der Waals surface area contributed by atoms with Gasteiger partial charge in [0.2, 0.25) is 0 Å². The minimum Gasteiger partial charge on any atom is -0.481 e. The van der Waals surface area contributed by atoms with E-state index >= 15 is 17.6 Å². The van der Waals surface area contributed by atoms with Crippen molar-refractivity contribution in [1.29, 1.82) is 0 Å². The van der Waals surface area contributed by atoms with E-state index in [1.54, 1.807) is 68.4 Å². The number of hydrogen-bond acceptors (Lipinski definition) is 3. The lowest BCUT2D eigenvalue weighted by Gasteiger charge is -2.47. The Kier molecular flexibility index (Phi) is 5.58. The Balaban J connectivity index is 1.57. The third-order valence-electron chi connectivity index (χ3n) is 7.84. The number of halogens is 6. The normalized spacial score (nSPS) is 29.3. The van der Waals surface area contributed by atoms with Crippen LogP contribution < -0.4 is 4.74 Å². The molecule has 2 aromatic carbocycles. The van der Waals surface area contributed by atoms with E-state index in [0.717, 1.165) is 0 Å². The van der Waals surface area contributed by atoms with Gasteiger partial charge in [0.05, 0.1) is 9.49 Å². The lowest BCUT2D eigenvalue weighted by atomic mass is 9.71. The summed E-state index contributed by atoms with van der Waals surface area (Å²) in [6, 6.07) is 15.6.